The van der Waals surface area contributed by atoms with Crippen LogP contribution in [0.4, 0.5) is 4.39 Å². The van der Waals surface area contributed by atoms with Crippen LogP contribution in [0, 0.1) is 5.82 Å². The molecule has 0 aliphatic rings. The van der Waals surface area contributed by atoms with Gasteiger partial charge in [-0.1, -0.05) is 26.2 Å². The normalized spacial score (nSPS) is 11.2. The summed E-state index contributed by atoms with van der Waals surface area (Å²) in [5, 5.41) is 7.51. The summed E-state index contributed by atoms with van der Waals surface area (Å²) in [5.74, 6) is 0.182. The SMILES string of the molecule is CCCCCCNC(N)=NCc1ccn(-c2ccc(F)cc2)n1.I. The number of benzene rings is 1. The fourth-order valence-corrected chi connectivity index (χ4v) is 2.17. The maximum Gasteiger partial charge on any atom is 0.188 e. The molecule has 2 aromatic rings. The molecule has 1 aromatic heterocycles. The van der Waals surface area contributed by atoms with E-state index < -0.39 is 0 Å². The van der Waals surface area contributed by atoms with E-state index in [0.717, 1.165) is 24.3 Å². The molecule has 0 bridgehead atoms. The molecule has 0 saturated carbocycles. The second kappa shape index (κ2) is 11.0. The Labute approximate surface area is 159 Å². The molecule has 0 aliphatic heterocycles. The van der Waals surface area contributed by atoms with E-state index in [1.54, 1.807) is 16.8 Å². The number of nitrogens with two attached hydrogens (primary N) is 1. The molecule has 0 saturated heterocycles. The molecule has 1 heterocycles. The van der Waals surface area contributed by atoms with Crippen molar-refractivity contribution in [2.75, 3.05) is 6.54 Å². The van der Waals surface area contributed by atoms with Crippen molar-refractivity contribution in [2.45, 2.75) is 39.2 Å². The van der Waals surface area contributed by atoms with E-state index in [4.69, 9.17) is 5.73 Å². The van der Waals surface area contributed by atoms with Crippen molar-refractivity contribution >= 4 is 29.9 Å². The lowest BCUT2D eigenvalue weighted by Gasteiger charge is -2.04. The van der Waals surface area contributed by atoms with Gasteiger partial charge in [-0.15, -0.1) is 24.0 Å². The summed E-state index contributed by atoms with van der Waals surface area (Å²) < 4.78 is 14.6. The van der Waals surface area contributed by atoms with Gasteiger partial charge in [0.05, 0.1) is 17.9 Å². The minimum Gasteiger partial charge on any atom is -0.370 e. The molecule has 0 unspecified atom stereocenters. The molecule has 0 atom stereocenters. The summed E-state index contributed by atoms with van der Waals surface area (Å²) in [7, 11) is 0. The van der Waals surface area contributed by atoms with E-state index in [1.165, 1.54) is 31.4 Å². The van der Waals surface area contributed by atoms with Crippen LogP contribution in [0.1, 0.15) is 38.3 Å². The number of hydrogen-bond donors (Lipinski definition) is 2. The van der Waals surface area contributed by atoms with Gasteiger partial charge in [0.1, 0.15) is 5.82 Å². The number of guanidine groups is 1. The van der Waals surface area contributed by atoms with Crippen LogP contribution in [0.5, 0.6) is 0 Å². The first-order valence-electron chi connectivity index (χ1n) is 8.03. The number of aromatic nitrogens is 2. The lowest BCUT2D eigenvalue weighted by Crippen LogP contribution is -2.32. The van der Waals surface area contributed by atoms with Gasteiger partial charge in [-0.2, -0.15) is 5.10 Å². The van der Waals surface area contributed by atoms with Crippen LogP contribution in [0.3, 0.4) is 0 Å². The highest BCUT2D eigenvalue weighted by Gasteiger charge is 2.01. The van der Waals surface area contributed by atoms with Gasteiger partial charge in [-0.25, -0.2) is 14.1 Å². The van der Waals surface area contributed by atoms with Gasteiger partial charge in [0, 0.05) is 12.7 Å². The molecule has 3 N–H and O–H groups in total. The van der Waals surface area contributed by atoms with Crippen molar-refractivity contribution in [1.82, 2.24) is 15.1 Å². The zero-order valence-electron chi connectivity index (χ0n) is 13.9. The molecule has 7 heteroatoms. The molecular weight excluding hydrogens is 420 g/mol. The molecule has 0 spiro atoms. The first-order valence-corrected chi connectivity index (χ1v) is 8.03. The van der Waals surface area contributed by atoms with Gasteiger partial charge >= 0.3 is 0 Å². The molecule has 0 amide bonds. The maximum absolute atomic E-state index is 12.9. The summed E-state index contributed by atoms with van der Waals surface area (Å²) in [4.78, 5) is 4.28. The molecule has 0 aliphatic carbocycles. The second-order valence-electron chi connectivity index (χ2n) is 5.42. The van der Waals surface area contributed by atoms with Crippen LogP contribution in [0.25, 0.3) is 5.69 Å². The Kier molecular flexibility index (Phi) is 9.36. The third-order valence-electron chi connectivity index (χ3n) is 3.48. The van der Waals surface area contributed by atoms with Crippen LogP contribution in [0.15, 0.2) is 41.5 Å². The van der Waals surface area contributed by atoms with E-state index in [2.05, 4.69) is 22.3 Å². The number of rotatable bonds is 8. The van der Waals surface area contributed by atoms with E-state index in [-0.39, 0.29) is 29.8 Å². The smallest absolute Gasteiger partial charge is 0.188 e. The molecule has 0 fully saturated rings. The molecule has 0 radical (unpaired) electrons. The number of nitrogens with one attached hydrogen (secondary N) is 1. The van der Waals surface area contributed by atoms with Crippen LogP contribution < -0.4 is 11.1 Å². The fraction of sp³-hybridized carbons (Fsp3) is 0.412. The van der Waals surface area contributed by atoms with Crippen LogP contribution in [-0.2, 0) is 6.54 Å². The van der Waals surface area contributed by atoms with Crippen LogP contribution >= 0.6 is 24.0 Å². The average Bonchev–Trinajstić information content (AvgIpc) is 3.02. The number of aliphatic imine (C=N–C) groups is 1. The summed E-state index contributed by atoms with van der Waals surface area (Å²) in [6.07, 6.45) is 6.61. The highest BCUT2D eigenvalue weighted by molar-refractivity contribution is 14.0. The van der Waals surface area contributed by atoms with Crippen molar-refractivity contribution in [3.63, 3.8) is 0 Å². The van der Waals surface area contributed by atoms with Crippen molar-refractivity contribution in [3.8, 4) is 5.69 Å². The monoisotopic (exact) mass is 445 g/mol. The van der Waals surface area contributed by atoms with Gasteiger partial charge in [0.2, 0.25) is 0 Å². The van der Waals surface area contributed by atoms with Gasteiger partial charge in [0.25, 0.3) is 0 Å². The number of nitrogens with zero attached hydrogens (tertiary/aromatic N) is 3. The summed E-state index contributed by atoms with van der Waals surface area (Å²) in [6.45, 7) is 3.45. The van der Waals surface area contributed by atoms with Crippen molar-refractivity contribution in [1.29, 1.82) is 0 Å². The average molecular weight is 445 g/mol. The van der Waals surface area contributed by atoms with Gasteiger partial charge in [0.15, 0.2) is 5.96 Å². The highest BCUT2D eigenvalue weighted by atomic mass is 127. The summed E-state index contributed by atoms with van der Waals surface area (Å²) in [5.41, 5.74) is 7.45. The number of halogens is 2. The largest absolute Gasteiger partial charge is 0.370 e. The topological polar surface area (TPSA) is 68.2 Å². The van der Waals surface area contributed by atoms with E-state index in [9.17, 15) is 4.39 Å². The fourth-order valence-electron chi connectivity index (χ4n) is 2.17. The van der Waals surface area contributed by atoms with Crippen molar-refractivity contribution < 1.29 is 4.39 Å². The number of unbranched alkanes of at least 4 members (excludes halogenated alkanes) is 3. The molecule has 1 aromatic carbocycles. The Hall–Kier alpha value is -1.64. The molecular formula is C17H25FIN5. The molecule has 5 nitrogen and oxygen atoms in total. The Morgan fingerprint density at radius 2 is 1.96 bits per heavy atom. The van der Waals surface area contributed by atoms with Crippen molar-refractivity contribution in [2.24, 2.45) is 10.7 Å². The summed E-state index contributed by atoms with van der Waals surface area (Å²) in [6, 6.07) is 8.06. The van der Waals surface area contributed by atoms with Gasteiger partial charge in [-0.3, -0.25) is 0 Å². The standard InChI is InChI=1S/C17H24FN5.HI/c1-2-3-4-5-11-20-17(19)21-13-15-10-12-23(22-15)16-8-6-14(18)7-9-16;/h6-10,12H,2-5,11,13H2,1H3,(H3,19,20,21);1H. The van der Waals surface area contributed by atoms with E-state index >= 15 is 0 Å². The lowest BCUT2D eigenvalue weighted by molar-refractivity contribution is 0.627. The Morgan fingerprint density at radius 1 is 1.21 bits per heavy atom. The highest BCUT2D eigenvalue weighted by Crippen LogP contribution is 2.09. The zero-order valence-corrected chi connectivity index (χ0v) is 16.2. The van der Waals surface area contributed by atoms with Crippen LogP contribution in [-0.4, -0.2) is 22.3 Å². The molecule has 2 rings (SSSR count). The maximum atomic E-state index is 12.9. The zero-order chi connectivity index (χ0) is 16.5. The number of hydrogen-bond acceptors (Lipinski definition) is 2. The Bertz CT molecular complexity index is 624. The minimum atomic E-state index is -0.261. The van der Waals surface area contributed by atoms with E-state index in [0.29, 0.717) is 12.5 Å². The van der Waals surface area contributed by atoms with Gasteiger partial charge in [-0.05, 0) is 36.8 Å². The first-order chi connectivity index (χ1) is 11.2. The Balaban J connectivity index is 0.00000288. The molecule has 132 valence electrons. The lowest BCUT2D eigenvalue weighted by atomic mass is 10.2. The molecule has 24 heavy (non-hydrogen) atoms. The third kappa shape index (κ3) is 6.86. The van der Waals surface area contributed by atoms with Crippen molar-refractivity contribution in [3.05, 3.63) is 48.0 Å². The quantitative estimate of drug-likeness (QED) is 0.282. The second-order valence-corrected chi connectivity index (χ2v) is 5.42. The third-order valence-corrected chi connectivity index (χ3v) is 3.48. The van der Waals surface area contributed by atoms with Gasteiger partial charge < -0.3 is 11.1 Å². The Morgan fingerprint density at radius 3 is 2.67 bits per heavy atom. The van der Waals surface area contributed by atoms with E-state index in [1.807, 2.05) is 12.3 Å². The first kappa shape index (κ1) is 20.4. The predicted octanol–water partition coefficient (Wildman–Crippen LogP) is 3.61. The minimum absolute atomic E-state index is 0. The van der Waals surface area contributed by atoms with Crippen LogP contribution in [0.2, 0.25) is 0 Å². The summed E-state index contributed by atoms with van der Waals surface area (Å²) >= 11 is 0. The predicted molar refractivity (Wildman–Crippen MR) is 106 cm³/mol.